The maximum atomic E-state index is 3.45. The van der Waals surface area contributed by atoms with E-state index in [0.29, 0.717) is 0 Å². The second kappa shape index (κ2) is 7.11. The Labute approximate surface area is 122 Å². The highest BCUT2D eigenvalue weighted by Crippen LogP contribution is 2.27. The lowest BCUT2D eigenvalue weighted by molar-refractivity contribution is 0.675. The first-order chi connectivity index (χ1) is 9.72. The largest absolute Gasteiger partial charge is 0.344 e. The first-order valence-corrected chi connectivity index (χ1v) is 7.31. The van der Waals surface area contributed by atoms with E-state index in [-0.39, 0.29) is 0 Å². The minimum absolute atomic E-state index is 0.948. The lowest BCUT2D eigenvalue weighted by Gasteiger charge is -2.22. The third-order valence-corrected chi connectivity index (χ3v) is 3.52. The number of nitrogens with one attached hydrogen (secondary N) is 1. The molecule has 1 N–H and O–H groups in total. The van der Waals surface area contributed by atoms with Gasteiger partial charge < -0.3 is 10.2 Å². The summed E-state index contributed by atoms with van der Waals surface area (Å²) >= 11 is 0. The minimum atomic E-state index is 0.948. The van der Waals surface area contributed by atoms with Crippen LogP contribution in [0.2, 0.25) is 0 Å². The molecule has 0 amide bonds. The summed E-state index contributed by atoms with van der Waals surface area (Å²) in [5.41, 5.74) is 5.14. The van der Waals surface area contributed by atoms with Crippen molar-refractivity contribution in [3.63, 3.8) is 0 Å². The molecule has 2 rings (SSSR count). The van der Waals surface area contributed by atoms with Crippen LogP contribution in [0.15, 0.2) is 48.5 Å². The van der Waals surface area contributed by atoms with Crippen molar-refractivity contribution in [2.24, 2.45) is 0 Å². The molecule has 0 fully saturated rings. The van der Waals surface area contributed by atoms with Crippen molar-refractivity contribution in [2.45, 2.75) is 26.8 Å². The molecule has 2 aromatic carbocycles. The van der Waals surface area contributed by atoms with Gasteiger partial charge in [-0.25, -0.2) is 0 Å². The Hall–Kier alpha value is -1.80. The Bertz CT molecular complexity index is 534. The quantitative estimate of drug-likeness (QED) is 0.787. The molecular formula is C18H24N2. The van der Waals surface area contributed by atoms with Crippen molar-refractivity contribution < 1.29 is 0 Å². The van der Waals surface area contributed by atoms with Gasteiger partial charge in [0.1, 0.15) is 0 Å². The van der Waals surface area contributed by atoms with E-state index in [0.717, 1.165) is 13.1 Å². The number of rotatable bonds is 6. The van der Waals surface area contributed by atoms with Crippen LogP contribution in [0.25, 0.3) is 0 Å². The van der Waals surface area contributed by atoms with Crippen molar-refractivity contribution in [2.75, 3.05) is 18.5 Å². The molecule has 20 heavy (non-hydrogen) atoms. The van der Waals surface area contributed by atoms with E-state index in [1.54, 1.807) is 0 Å². The van der Waals surface area contributed by atoms with Gasteiger partial charge in [0.25, 0.3) is 0 Å². The molecule has 0 aromatic heterocycles. The minimum Gasteiger partial charge on any atom is -0.344 e. The van der Waals surface area contributed by atoms with E-state index in [1.165, 1.54) is 28.9 Å². The van der Waals surface area contributed by atoms with E-state index in [1.807, 2.05) is 6.07 Å². The summed E-state index contributed by atoms with van der Waals surface area (Å²) in [5, 5.41) is 3.45. The predicted molar refractivity (Wildman–Crippen MR) is 87.7 cm³/mol. The van der Waals surface area contributed by atoms with E-state index < -0.39 is 0 Å². The molecule has 0 spiro atoms. The molecule has 0 aliphatic carbocycles. The zero-order chi connectivity index (χ0) is 14.4. The standard InChI is InChI=1S/C18H24N2/c1-4-12-19-14-16-10-11-18(15(2)13-16)20(3)17-8-6-5-7-9-17/h5-11,13,19H,4,12,14H2,1-3H3. The number of hydrogen-bond acceptors (Lipinski definition) is 2. The van der Waals surface area contributed by atoms with Gasteiger partial charge >= 0.3 is 0 Å². The number of hydrogen-bond donors (Lipinski definition) is 1. The molecule has 0 radical (unpaired) electrons. The van der Waals surface area contributed by atoms with Crippen molar-refractivity contribution in [3.05, 3.63) is 59.7 Å². The van der Waals surface area contributed by atoms with Crippen molar-refractivity contribution in [3.8, 4) is 0 Å². The zero-order valence-corrected chi connectivity index (χ0v) is 12.7. The number of benzene rings is 2. The van der Waals surface area contributed by atoms with Gasteiger partial charge in [-0.05, 0) is 49.2 Å². The van der Waals surface area contributed by atoms with E-state index in [4.69, 9.17) is 0 Å². The van der Waals surface area contributed by atoms with Crippen molar-refractivity contribution in [1.82, 2.24) is 5.32 Å². The van der Waals surface area contributed by atoms with Crippen LogP contribution < -0.4 is 10.2 Å². The zero-order valence-electron chi connectivity index (χ0n) is 12.7. The molecule has 0 atom stereocenters. The lowest BCUT2D eigenvalue weighted by atomic mass is 10.1. The summed E-state index contributed by atoms with van der Waals surface area (Å²) in [5.74, 6) is 0. The van der Waals surface area contributed by atoms with Gasteiger partial charge in [-0.3, -0.25) is 0 Å². The van der Waals surface area contributed by atoms with Gasteiger partial charge in [-0.2, -0.15) is 0 Å². The highest BCUT2D eigenvalue weighted by molar-refractivity contribution is 5.65. The third kappa shape index (κ3) is 3.61. The molecular weight excluding hydrogens is 244 g/mol. The number of nitrogens with zero attached hydrogens (tertiary/aromatic N) is 1. The summed E-state index contributed by atoms with van der Waals surface area (Å²) in [6.07, 6.45) is 1.17. The molecule has 0 aliphatic rings. The summed E-state index contributed by atoms with van der Waals surface area (Å²) in [7, 11) is 2.12. The average molecular weight is 268 g/mol. The number of para-hydroxylation sites is 1. The third-order valence-electron chi connectivity index (χ3n) is 3.52. The highest BCUT2D eigenvalue weighted by Gasteiger charge is 2.07. The van der Waals surface area contributed by atoms with E-state index in [9.17, 15) is 0 Å². The molecule has 0 bridgehead atoms. The molecule has 0 saturated carbocycles. The summed E-state index contributed by atoms with van der Waals surface area (Å²) < 4.78 is 0. The van der Waals surface area contributed by atoms with Gasteiger partial charge in [0.2, 0.25) is 0 Å². The number of anilines is 2. The second-order valence-corrected chi connectivity index (χ2v) is 5.19. The highest BCUT2D eigenvalue weighted by atomic mass is 15.1. The topological polar surface area (TPSA) is 15.3 Å². The molecule has 0 unspecified atom stereocenters. The average Bonchev–Trinajstić information content (AvgIpc) is 2.48. The van der Waals surface area contributed by atoms with Crippen LogP contribution in [0.4, 0.5) is 11.4 Å². The summed E-state index contributed by atoms with van der Waals surface area (Å²) in [6.45, 7) is 6.39. The van der Waals surface area contributed by atoms with Crippen molar-refractivity contribution in [1.29, 1.82) is 0 Å². The normalized spacial score (nSPS) is 10.6. The van der Waals surface area contributed by atoms with Crippen LogP contribution in [0.3, 0.4) is 0 Å². The van der Waals surface area contributed by atoms with Crippen LogP contribution in [0.5, 0.6) is 0 Å². The Morgan fingerprint density at radius 2 is 1.80 bits per heavy atom. The van der Waals surface area contributed by atoms with Crippen LogP contribution >= 0.6 is 0 Å². The first-order valence-electron chi connectivity index (χ1n) is 7.31. The van der Waals surface area contributed by atoms with Gasteiger partial charge in [0, 0.05) is 25.0 Å². The molecule has 106 valence electrons. The maximum Gasteiger partial charge on any atom is 0.0438 e. The molecule has 2 heteroatoms. The second-order valence-electron chi connectivity index (χ2n) is 5.19. The summed E-state index contributed by atoms with van der Waals surface area (Å²) in [6, 6.07) is 17.2. The Morgan fingerprint density at radius 1 is 1.05 bits per heavy atom. The molecule has 2 aromatic rings. The molecule has 0 saturated heterocycles. The fraction of sp³-hybridized carbons (Fsp3) is 0.333. The fourth-order valence-corrected chi connectivity index (χ4v) is 2.40. The molecule has 2 nitrogen and oxygen atoms in total. The predicted octanol–water partition coefficient (Wildman–Crippen LogP) is 4.26. The van der Waals surface area contributed by atoms with Gasteiger partial charge in [0.15, 0.2) is 0 Å². The Kier molecular flexibility index (Phi) is 5.19. The Morgan fingerprint density at radius 3 is 2.45 bits per heavy atom. The first kappa shape index (κ1) is 14.6. The van der Waals surface area contributed by atoms with Gasteiger partial charge in [-0.1, -0.05) is 37.3 Å². The van der Waals surface area contributed by atoms with Gasteiger partial charge in [0.05, 0.1) is 0 Å². The molecule has 0 heterocycles. The van der Waals surface area contributed by atoms with Gasteiger partial charge in [-0.15, -0.1) is 0 Å². The van der Waals surface area contributed by atoms with Crippen LogP contribution in [0.1, 0.15) is 24.5 Å². The van der Waals surface area contributed by atoms with Crippen LogP contribution in [-0.2, 0) is 6.54 Å². The van der Waals surface area contributed by atoms with Crippen LogP contribution in [0, 0.1) is 6.92 Å². The molecule has 0 aliphatic heterocycles. The van der Waals surface area contributed by atoms with Crippen LogP contribution in [-0.4, -0.2) is 13.6 Å². The van der Waals surface area contributed by atoms with Crippen molar-refractivity contribution >= 4 is 11.4 Å². The SMILES string of the molecule is CCCNCc1ccc(N(C)c2ccccc2)c(C)c1. The van der Waals surface area contributed by atoms with E-state index >= 15 is 0 Å². The smallest absolute Gasteiger partial charge is 0.0438 e. The Balaban J connectivity index is 2.13. The maximum absolute atomic E-state index is 3.45. The lowest BCUT2D eigenvalue weighted by Crippen LogP contribution is -2.15. The van der Waals surface area contributed by atoms with E-state index in [2.05, 4.69) is 73.6 Å². The summed E-state index contributed by atoms with van der Waals surface area (Å²) in [4.78, 5) is 2.23. The monoisotopic (exact) mass is 268 g/mol. The number of aryl methyl sites for hydroxylation is 1. The fourth-order valence-electron chi connectivity index (χ4n) is 2.40.